The Morgan fingerprint density at radius 3 is 2.67 bits per heavy atom. The molecule has 0 unspecified atom stereocenters. The number of nitrogens with zero attached hydrogens (tertiary/aromatic N) is 3. The van der Waals surface area contributed by atoms with Crippen LogP contribution in [0.2, 0.25) is 5.02 Å². The maximum Gasteiger partial charge on any atom is 0.225 e. The maximum absolute atomic E-state index is 12.3. The minimum Gasteiger partial charge on any atom is -0.495 e. The van der Waals surface area contributed by atoms with Crippen molar-refractivity contribution in [1.29, 1.82) is 0 Å². The predicted molar refractivity (Wildman–Crippen MR) is 108 cm³/mol. The smallest absolute Gasteiger partial charge is 0.225 e. The van der Waals surface area contributed by atoms with Gasteiger partial charge < -0.3 is 20.7 Å². The van der Waals surface area contributed by atoms with E-state index in [0.717, 1.165) is 51.3 Å². The Hall–Kier alpha value is -1.99. The highest BCUT2D eigenvalue weighted by Gasteiger charge is 2.30. The van der Waals surface area contributed by atoms with Crippen LogP contribution in [0.5, 0.6) is 5.75 Å². The number of ether oxygens (including phenoxy) is 1. The fourth-order valence-corrected chi connectivity index (χ4v) is 3.61. The summed E-state index contributed by atoms with van der Waals surface area (Å²) in [5.41, 5.74) is 6.72. The zero-order chi connectivity index (χ0) is 19.2. The Bertz CT molecular complexity index is 685. The van der Waals surface area contributed by atoms with Crippen LogP contribution >= 0.6 is 11.6 Å². The summed E-state index contributed by atoms with van der Waals surface area (Å²) >= 11 is 6.10. The van der Waals surface area contributed by atoms with Crippen molar-refractivity contribution in [2.45, 2.75) is 19.3 Å². The average molecular weight is 394 g/mol. The number of carbonyl (C=O) groups is 1. The van der Waals surface area contributed by atoms with Gasteiger partial charge in [-0.15, -0.1) is 0 Å². The Kier molecular flexibility index (Phi) is 6.79. The molecule has 0 radical (unpaired) electrons. The Morgan fingerprint density at radius 2 is 2.07 bits per heavy atom. The van der Waals surface area contributed by atoms with Gasteiger partial charge in [-0.1, -0.05) is 18.0 Å². The second-order valence-electron chi connectivity index (χ2n) is 7.04. The Labute approximate surface area is 165 Å². The maximum atomic E-state index is 12.3. The zero-order valence-corrected chi connectivity index (χ0v) is 16.5. The molecule has 148 valence electrons. The number of amides is 1. The molecule has 1 heterocycles. The molecule has 1 amide bonds. The fraction of sp³-hybridized carbons (Fsp3) is 0.579. The van der Waals surface area contributed by atoms with Gasteiger partial charge in [-0.25, -0.2) is 0 Å². The van der Waals surface area contributed by atoms with E-state index < -0.39 is 0 Å². The molecule has 0 spiro atoms. The van der Waals surface area contributed by atoms with Gasteiger partial charge in [0.05, 0.1) is 18.7 Å². The van der Waals surface area contributed by atoms with Crippen molar-refractivity contribution in [2.24, 2.45) is 16.6 Å². The van der Waals surface area contributed by atoms with E-state index in [9.17, 15) is 4.79 Å². The van der Waals surface area contributed by atoms with Crippen LogP contribution in [0.15, 0.2) is 23.2 Å². The molecule has 1 aromatic carbocycles. The first kappa shape index (κ1) is 19.8. The molecule has 3 N–H and O–H groups in total. The Morgan fingerprint density at radius 1 is 1.33 bits per heavy atom. The zero-order valence-electron chi connectivity index (χ0n) is 15.8. The number of carbonyl (C=O) groups excluding carboxylic acids is 1. The summed E-state index contributed by atoms with van der Waals surface area (Å²) in [5, 5.41) is 3.55. The number of nitrogens with two attached hydrogens (primary N) is 1. The molecule has 7 nitrogen and oxygen atoms in total. The number of piperazine rings is 1. The van der Waals surface area contributed by atoms with Crippen LogP contribution < -0.4 is 15.8 Å². The minimum absolute atomic E-state index is 0.290. The third-order valence-corrected chi connectivity index (χ3v) is 5.56. The van der Waals surface area contributed by atoms with E-state index in [1.54, 1.807) is 19.2 Å². The highest BCUT2D eigenvalue weighted by atomic mass is 35.5. The van der Waals surface area contributed by atoms with E-state index in [4.69, 9.17) is 22.1 Å². The second-order valence-corrected chi connectivity index (χ2v) is 7.44. The highest BCUT2D eigenvalue weighted by Crippen LogP contribution is 2.28. The lowest BCUT2D eigenvalue weighted by molar-refractivity contribution is -0.139. The summed E-state index contributed by atoms with van der Waals surface area (Å²) in [5.74, 6) is 1.62. The molecular formula is C19H28ClN5O2. The monoisotopic (exact) mass is 393 g/mol. The van der Waals surface area contributed by atoms with Gasteiger partial charge >= 0.3 is 0 Å². The molecule has 1 aliphatic heterocycles. The summed E-state index contributed by atoms with van der Waals surface area (Å²) in [6, 6.07) is 5.37. The minimum atomic E-state index is 0.290. The van der Waals surface area contributed by atoms with Crippen LogP contribution in [0.1, 0.15) is 19.3 Å². The lowest BCUT2D eigenvalue weighted by Gasteiger charge is -2.38. The number of anilines is 1. The van der Waals surface area contributed by atoms with Crippen molar-refractivity contribution in [1.82, 2.24) is 9.80 Å². The van der Waals surface area contributed by atoms with Crippen molar-refractivity contribution in [3.05, 3.63) is 23.2 Å². The first-order valence-electron chi connectivity index (χ1n) is 9.48. The highest BCUT2D eigenvalue weighted by molar-refractivity contribution is 6.32. The van der Waals surface area contributed by atoms with Crippen molar-refractivity contribution in [3.8, 4) is 5.75 Å². The topological polar surface area (TPSA) is 83.2 Å². The summed E-state index contributed by atoms with van der Waals surface area (Å²) in [6.45, 7) is 4.87. The van der Waals surface area contributed by atoms with Crippen LogP contribution in [0.25, 0.3) is 0 Å². The molecule has 2 aliphatic rings. The molecule has 0 aromatic heterocycles. The summed E-state index contributed by atoms with van der Waals surface area (Å²) in [6.07, 6.45) is 3.34. The molecule has 0 bridgehead atoms. The van der Waals surface area contributed by atoms with Crippen molar-refractivity contribution < 1.29 is 9.53 Å². The van der Waals surface area contributed by atoms with E-state index in [-0.39, 0.29) is 0 Å². The number of hydrogen-bond donors (Lipinski definition) is 2. The quantitative estimate of drug-likeness (QED) is 0.570. The van der Waals surface area contributed by atoms with Crippen LogP contribution in [-0.2, 0) is 4.79 Å². The average Bonchev–Trinajstić information content (AvgIpc) is 2.61. The molecule has 2 fully saturated rings. The molecule has 8 heteroatoms. The van der Waals surface area contributed by atoms with E-state index in [0.29, 0.717) is 35.1 Å². The van der Waals surface area contributed by atoms with Crippen LogP contribution in [0, 0.1) is 5.92 Å². The summed E-state index contributed by atoms with van der Waals surface area (Å²) in [4.78, 5) is 21.0. The number of guanidine groups is 1. The normalized spacial score (nSPS) is 18.9. The first-order chi connectivity index (χ1) is 13.1. The van der Waals surface area contributed by atoms with Gasteiger partial charge in [0.1, 0.15) is 5.75 Å². The molecule has 1 aromatic rings. The van der Waals surface area contributed by atoms with Gasteiger partial charge in [-0.3, -0.25) is 14.7 Å². The number of halogens is 1. The predicted octanol–water partition coefficient (Wildman–Crippen LogP) is 2.02. The summed E-state index contributed by atoms with van der Waals surface area (Å²) < 4.78 is 5.13. The van der Waals surface area contributed by atoms with Crippen LogP contribution in [0.4, 0.5) is 5.69 Å². The Balaban J connectivity index is 1.38. The number of rotatable bonds is 6. The SMILES string of the molecule is COc1ccc(NC(N)=NCCN2CCN(C(=O)C3CCC3)CC2)cc1Cl. The third kappa shape index (κ3) is 5.26. The van der Waals surface area contributed by atoms with Gasteiger partial charge in [0.25, 0.3) is 0 Å². The molecule has 3 rings (SSSR count). The van der Waals surface area contributed by atoms with Gasteiger partial charge in [-0.2, -0.15) is 0 Å². The van der Waals surface area contributed by atoms with E-state index >= 15 is 0 Å². The number of nitrogens with one attached hydrogen (secondary N) is 1. The lowest BCUT2D eigenvalue weighted by atomic mass is 9.84. The second kappa shape index (κ2) is 9.28. The van der Waals surface area contributed by atoms with Crippen molar-refractivity contribution in [2.75, 3.05) is 51.7 Å². The van der Waals surface area contributed by atoms with Crippen molar-refractivity contribution in [3.63, 3.8) is 0 Å². The van der Waals surface area contributed by atoms with E-state index in [2.05, 4.69) is 15.2 Å². The van der Waals surface area contributed by atoms with E-state index in [1.165, 1.54) is 6.42 Å². The molecule has 1 saturated carbocycles. The van der Waals surface area contributed by atoms with Gasteiger partial charge in [0.15, 0.2) is 5.96 Å². The summed E-state index contributed by atoms with van der Waals surface area (Å²) in [7, 11) is 1.58. The van der Waals surface area contributed by atoms with E-state index in [1.807, 2.05) is 11.0 Å². The number of benzene rings is 1. The van der Waals surface area contributed by atoms with Gasteiger partial charge in [-0.05, 0) is 31.0 Å². The molecular weight excluding hydrogens is 366 g/mol. The lowest BCUT2D eigenvalue weighted by Crippen LogP contribution is -2.51. The van der Waals surface area contributed by atoms with Gasteiger partial charge in [0.2, 0.25) is 5.91 Å². The van der Waals surface area contributed by atoms with Gasteiger partial charge in [0, 0.05) is 44.3 Å². The first-order valence-corrected chi connectivity index (χ1v) is 9.86. The third-order valence-electron chi connectivity index (χ3n) is 5.26. The standard InChI is InChI=1S/C19H28ClN5O2/c1-27-17-6-5-15(13-16(17)20)23-19(21)22-7-8-24-9-11-25(12-10-24)18(26)14-3-2-4-14/h5-6,13-14H,2-4,7-12H2,1H3,(H3,21,22,23). The molecule has 1 aliphatic carbocycles. The fourth-order valence-electron chi connectivity index (χ4n) is 3.35. The molecule has 1 saturated heterocycles. The van der Waals surface area contributed by atoms with Crippen LogP contribution in [-0.4, -0.2) is 68.0 Å². The molecule has 0 atom stereocenters. The van der Waals surface area contributed by atoms with Crippen molar-refractivity contribution >= 4 is 29.2 Å². The van der Waals surface area contributed by atoms with Crippen LogP contribution in [0.3, 0.4) is 0 Å². The number of methoxy groups -OCH3 is 1. The number of aliphatic imine (C=N–C) groups is 1. The molecule has 27 heavy (non-hydrogen) atoms. The number of hydrogen-bond acceptors (Lipinski definition) is 4. The largest absolute Gasteiger partial charge is 0.495 e.